The van der Waals surface area contributed by atoms with E-state index in [1.54, 1.807) is 23.1 Å². The lowest BCUT2D eigenvalue weighted by Gasteiger charge is -2.24. The Kier molecular flexibility index (Phi) is 5.05. The van der Waals surface area contributed by atoms with Crippen molar-refractivity contribution >= 4 is 33.3 Å². The van der Waals surface area contributed by atoms with E-state index in [0.717, 1.165) is 10.9 Å². The molecule has 2 aliphatic heterocycles. The van der Waals surface area contributed by atoms with Crippen LogP contribution in [0.4, 0.5) is 10.6 Å². The van der Waals surface area contributed by atoms with Crippen LogP contribution in [0.1, 0.15) is 20.1 Å². The Balaban J connectivity index is 1.35. The van der Waals surface area contributed by atoms with Gasteiger partial charge >= 0.3 is 16.3 Å². The summed E-state index contributed by atoms with van der Waals surface area (Å²) >= 11 is 0. The van der Waals surface area contributed by atoms with Gasteiger partial charge in [-0.25, -0.2) is 29.5 Å². The van der Waals surface area contributed by atoms with Crippen molar-refractivity contribution in [3.63, 3.8) is 0 Å². The Labute approximate surface area is 187 Å². The van der Waals surface area contributed by atoms with E-state index in [-0.39, 0.29) is 5.82 Å². The molecule has 5 heterocycles. The lowest BCUT2D eigenvalue weighted by molar-refractivity contribution is -0.198. The number of rotatable bonds is 5. The predicted octanol–water partition coefficient (Wildman–Crippen LogP) is -0.458. The average Bonchev–Trinajstić information content (AvgIpc) is 3.50. The smallest absolute Gasteiger partial charge is 0.363 e. The Morgan fingerprint density at radius 2 is 2.03 bits per heavy atom. The summed E-state index contributed by atoms with van der Waals surface area (Å²) in [7, 11) is -4.44. The number of nitrogen functional groups attached to an aromatic ring is 1. The number of hydrogen-bond donors (Lipinski definition) is 2. The molecule has 0 aromatic carbocycles. The van der Waals surface area contributed by atoms with Gasteiger partial charge < -0.3 is 19.9 Å². The molecule has 33 heavy (non-hydrogen) atoms. The van der Waals surface area contributed by atoms with Crippen molar-refractivity contribution in [2.45, 2.75) is 44.2 Å². The van der Waals surface area contributed by atoms with E-state index in [2.05, 4.69) is 19.9 Å². The summed E-state index contributed by atoms with van der Waals surface area (Å²) < 4.78 is 51.9. The molecule has 2 saturated heterocycles. The van der Waals surface area contributed by atoms with Crippen LogP contribution in [0, 0.1) is 0 Å². The van der Waals surface area contributed by atoms with Gasteiger partial charge in [-0.2, -0.15) is 8.42 Å². The number of imidazole rings is 2. The van der Waals surface area contributed by atoms with Crippen molar-refractivity contribution in [1.82, 2.24) is 33.8 Å². The van der Waals surface area contributed by atoms with E-state index in [1.165, 1.54) is 25.0 Å². The highest BCUT2D eigenvalue weighted by atomic mass is 32.2. The van der Waals surface area contributed by atoms with Gasteiger partial charge in [0.05, 0.1) is 12.9 Å². The largest absolute Gasteiger partial charge is 0.382 e. The van der Waals surface area contributed by atoms with Crippen molar-refractivity contribution in [3.05, 3.63) is 31.4 Å². The van der Waals surface area contributed by atoms with Crippen LogP contribution in [0.3, 0.4) is 0 Å². The number of nitrogens with two attached hydrogens (primary N) is 1. The normalized spacial score (nSPS) is 26.5. The third-order valence-electron chi connectivity index (χ3n) is 5.13. The number of nitrogens with one attached hydrogen (secondary N) is 1. The molecular formula is C17H20N8O7S. The van der Waals surface area contributed by atoms with Gasteiger partial charge in [0.2, 0.25) is 0 Å². The summed E-state index contributed by atoms with van der Waals surface area (Å²) in [5.41, 5.74) is 6.67. The third-order valence-corrected chi connectivity index (χ3v) is 6.00. The van der Waals surface area contributed by atoms with E-state index >= 15 is 0 Å². The number of aromatic nitrogens is 6. The van der Waals surface area contributed by atoms with Crippen molar-refractivity contribution in [2.24, 2.45) is 0 Å². The van der Waals surface area contributed by atoms with Gasteiger partial charge in [0.25, 0.3) is 0 Å². The molecule has 3 aromatic heterocycles. The number of carbonyl (C=O) groups is 1. The average molecular weight is 480 g/mol. The van der Waals surface area contributed by atoms with Crippen LogP contribution in [-0.2, 0) is 28.7 Å². The Morgan fingerprint density at radius 1 is 1.24 bits per heavy atom. The predicted molar refractivity (Wildman–Crippen MR) is 108 cm³/mol. The second-order valence-corrected chi connectivity index (χ2v) is 9.18. The summed E-state index contributed by atoms with van der Waals surface area (Å²) in [4.78, 5) is 28.0. The van der Waals surface area contributed by atoms with Crippen LogP contribution in [0.15, 0.2) is 31.4 Å². The van der Waals surface area contributed by atoms with Gasteiger partial charge in [-0.3, -0.25) is 13.3 Å². The second-order valence-electron chi connectivity index (χ2n) is 7.83. The highest BCUT2D eigenvalue weighted by Crippen LogP contribution is 2.43. The first-order chi connectivity index (χ1) is 15.6. The molecule has 5 rings (SSSR count). The van der Waals surface area contributed by atoms with Crippen LogP contribution >= 0.6 is 0 Å². The molecule has 2 aliphatic rings. The summed E-state index contributed by atoms with van der Waals surface area (Å²) in [5.74, 6) is -0.744. The summed E-state index contributed by atoms with van der Waals surface area (Å²) in [5, 5.41) is 0. The van der Waals surface area contributed by atoms with Crippen LogP contribution in [0.2, 0.25) is 0 Å². The number of fused-ring (bicyclic) bond motifs is 2. The molecule has 3 aromatic rings. The fraction of sp³-hybridized carbons (Fsp3) is 0.471. The maximum atomic E-state index is 12.3. The fourth-order valence-electron chi connectivity index (χ4n) is 3.80. The van der Waals surface area contributed by atoms with Crippen molar-refractivity contribution in [2.75, 3.05) is 12.3 Å². The second kappa shape index (κ2) is 7.70. The summed E-state index contributed by atoms with van der Waals surface area (Å²) in [6, 6.07) is -0.945. The van der Waals surface area contributed by atoms with Gasteiger partial charge in [-0.15, -0.1) is 0 Å². The quantitative estimate of drug-likeness (QED) is 0.479. The zero-order valence-corrected chi connectivity index (χ0v) is 18.2. The molecule has 0 aliphatic carbocycles. The number of anilines is 1. The molecule has 0 bridgehead atoms. The summed E-state index contributed by atoms with van der Waals surface area (Å²) in [6.45, 7) is 3.02. The highest BCUT2D eigenvalue weighted by Gasteiger charge is 2.56. The van der Waals surface area contributed by atoms with Crippen LogP contribution in [-0.4, -0.2) is 74.2 Å². The number of amides is 1. The molecule has 0 spiro atoms. The molecular weight excluding hydrogens is 460 g/mol. The molecule has 15 nitrogen and oxygen atoms in total. The molecule has 3 N–H and O–H groups in total. The van der Waals surface area contributed by atoms with Gasteiger partial charge in [-0.1, -0.05) is 0 Å². The minimum atomic E-state index is -4.44. The number of carbonyl (C=O) groups excluding carboxylic acids is 1. The van der Waals surface area contributed by atoms with E-state index in [1.807, 2.05) is 0 Å². The first-order valence-corrected chi connectivity index (χ1v) is 11.2. The minimum Gasteiger partial charge on any atom is -0.382 e. The van der Waals surface area contributed by atoms with Gasteiger partial charge in [0.1, 0.15) is 36.5 Å². The minimum absolute atomic E-state index is 0.205. The summed E-state index contributed by atoms with van der Waals surface area (Å²) in [6.07, 6.45) is 3.66. The van der Waals surface area contributed by atoms with Crippen molar-refractivity contribution in [1.29, 1.82) is 0 Å². The lowest BCUT2D eigenvalue weighted by Crippen LogP contribution is -2.38. The standard InChI is InChI=1S/C17H20N8O7S/c1-17(2)31-11-9(5-29-33(27,28)23-16(26)24-4-3-19-7-24)30-15(12(11)32-17)25-8-22-10-13(18)20-6-21-14(10)25/h3-4,6-9,11-12,15H,5H2,1-2H3,(H,23,26)(H2,18,20,21)/t9-,11-,12-,15-/m1/s1. The first kappa shape index (κ1) is 21.7. The zero-order valence-electron chi connectivity index (χ0n) is 17.4. The molecule has 4 atom stereocenters. The van der Waals surface area contributed by atoms with Gasteiger partial charge in [0, 0.05) is 12.4 Å². The van der Waals surface area contributed by atoms with Gasteiger partial charge in [0.15, 0.2) is 23.5 Å². The Hall–Kier alpha value is -3.18. The highest BCUT2D eigenvalue weighted by molar-refractivity contribution is 7.85. The van der Waals surface area contributed by atoms with Crippen LogP contribution in [0.5, 0.6) is 0 Å². The molecule has 0 saturated carbocycles. The Morgan fingerprint density at radius 3 is 2.79 bits per heavy atom. The third kappa shape index (κ3) is 4.02. The molecule has 0 unspecified atom stereocenters. The number of nitrogens with zero attached hydrogens (tertiary/aromatic N) is 6. The van der Waals surface area contributed by atoms with Crippen molar-refractivity contribution in [3.8, 4) is 0 Å². The Bertz CT molecular complexity index is 1290. The fourth-order valence-corrected chi connectivity index (χ4v) is 4.49. The lowest BCUT2D eigenvalue weighted by atomic mass is 10.1. The maximum absolute atomic E-state index is 12.3. The van der Waals surface area contributed by atoms with E-state index in [4.69, 9.17) is 24.1 Å². The molecule has 0 radical (unpaired) electrons. The van der Waals surface area contributed by atoms with E-state index in [9.17, 15) is 13.2 Å². The first-order valence-electron chi connectivity index (χ1n) is 9.77. The monoisotopic (exact) mass is 480 g/mol. The maximum Gasteiger partial charge on any atom is 0.363 e. The zero-order chi connectivity index (χ0) is 23.4. The SMILES string of the molecule is CC1(C)O[C@@H]2[C@H](O1)[C@@H](COS(=O)(=O)NC(=O)n1ccnc1)O[C@H]2n1cnc2c(N)ncnc21. The van der Waals surface area contributed by atoms with E-state index < -0.39 is 53.3 Å². The molecule has 176 valence electrons. The van der Waals surface area contributed by atoms with E-state index in [0.29, 0.717) is 11.2 Å². The molecule has 2 fully saturated rings. The number of hydrogen-bond acceptors (Lipinski definition) is 12. The van der Waals surface area contributed by atoms with Crippen LogP contribution in [0.25, 0.3) is 11.2 Å². The molecule has 16 heteroatoms. The number of ether oxygens (including phenoxy) is 3. The topological polar surface area (TPSA) is 188 Å². The van der Waals surface area contributed by atoms with Crippen LogP contribution < -0.4 is 10.5 Å². The molecule has 1 amide bonds. The van der Waals surface area contributed by atoms with Gasteiger partial charge in [-0.05, 0) is 13.8 Å². The van der Waals surface area contributed by atoms with Crippen molar-refractivity contribution < 1.29 is 31.6 Å².